The number of benzene rings is 1. The van der Waals surface area contributed by atoms with Crippen LogP contribution in [0.25, 0.3) is 0 Å². The molecule has 1 fully saturated rings. The zero-order valence-electron chi connectivity index (χ0n) is 9.59. The molecule has 1 aromatic carbocycles. The summed E-state index contributed by atoms with van der Waals surface area (Å²) in [6, 6.07) is 8.51. The van der Waals surface area contributed by atoms with Gasteiger partial charge in [0.25, 0.3) is 0 Å². The summed E-state index contributed by atoms with van der Waals surface area (Å²) in [4.78, 5) is 0. The fourth-order valence-corrected chi connectivity index (χ4v) is 2.10. The van der Waals surface area contributed by atoms with Crippen molar-refractivity contribution in [2.24, 2.45) is 0 Å². The minimum absolute atomic E-state index is 0.593. The number of anilines is 1. The van der Waals surface area contributed by atoms with Gasteiger partial charge >= 0.3 is 0 Å². The lowest BCUT2D eigenvalue weighted by atomic mass is 10.1. The molecular weight excluding hydrogens is 198 g/mol. The predicted molar refractivity (Wildman–Crippen MR) is 65.4 cm³/mol. The van der Waals surface area contributed by atoms with Gasteiger partial charge < -0.3 is 10.6 Å². The van der Waals surface area contributed by atoms with Gasteiger partial charge in [-0.25, -0.2) is 0 Å². The third-order valence-electron chi connectivity index (χ3n) is 3.06. The van der Waals surface area contributed by atoms with Crippen LogP contribution in [0.3, 0.4) is 0 Å². The van der Waals surface area contributed by atoms with Crippen LogP contribution >= 0.6 is 0 Å². The first-order valence-electron chi connectivity index (χ1n) is 5.77. The van der Waals surface area contributed by atoms with Gasteiger partial charge in [0.15, 0.2) is 0 Å². The van der Waals surface area contributed by atoms with Gasteiger partial charge in [0.2, 0.25) is 0 Å². The van der Waals surface area contributed by atoms with E-state index >= 15 is 0 Å². The van der Waals surface area contributed by atoms with Crippen LogP contribution < -0.4 is 10.6 Å². The standard InChI is InChI=1S/C13H17N3/c1-10-7-11(8-14)4-5-13(10)16-9-12-3-2-6-15-12/h4-5,7,12,15-16H,2-3,6,9H2,1H3. The van der Waals surface area contributed by atoms with Crippen LogP contribution in [-0.4, -0.2) is 19.1 Å². The first kappa shape index (κ1) is 11.0. The predicted octanol–water partition coefficient (Wildman–Crippen LogP) is 2.03. The second kappa shape index (κ2) is 5.00. The van der Waals surface area contributed by atoms with Crippen molar-refractivity contribution in [2.45, 2.75) is 25.8 Å². The van der Waals surface area contributed by atoms with Crippen LogP contribution in [0, 0.1) is 18.3 Å². The van der Waals surface area contributed by atoms with Gasteiger partial charge in [-0.2, -0.15) is 5.26 Å². The fourth-order valence-electron chi connectivity index (χ4n) is 2.10. The molecule has 0 radical (unpaired) electrons. The third-order valence-corrected chi connectivity index (χ3v) is 3.06. The number of nitrogens with one attached hydrogen (secondary N) is 2. The maximum atomic E-state index is 8.78. The molecule has 1 aromatic rings. The molecule has 0 aromatic heterocycles. The lowest BCUT2D eigenvalue weighted by Crippen LogP contribution is -2.29. The molecule has 16 heavy (non-hydrogen) atoms. The molecule has 2 rings (SSSR count). The summed E-state index contributed by atoms with van der Waals surface area (Å²) in [6.07, 6.45) is 2.53. The van der Waals surface area contributed by atoms with Gasteiger partial charge in [-0.15, -0.1) is 0 Å². The number of aryl methyl sites for hydroxylation is 1. The Bertz CT molecular complexity index is 400. The van der Waals surface area contributed by atoms with Crippen molar-refractivity contribution < 1.29 is 0 Å². The van der Waals surface area contributed by atoms with Crippen LogP contribution in [-0.2, 0) is 0 Å². The molecule has 3 heteroatoms. The van der Waals surface area contributed by atoms with Crippen molar-refractivity contribution in [3.05, 3.63) is 29.3 Å². The maximum Gasteiger partial charge on any atom is 0.0991 e. The Morgan fingerprint density at radius 1 is 1.56 bits per heavy atom. The molecule has 0 saturated carbocycles. The van der Waals surface area contributed by atoms with Gasteiger partial charge in [0, 0.05) is 18.3 Å². The molecule has 0 spiro atoms. The number of nitriles is 1. The largest absolute Gasteiger partial charge is 0.383 e. The van der Waals surface area contributed by atoms with E-state index in [-0.39, 0.29) is 0 Å². The van der Waals surface area contributed by atoms with Crippen molar-refractivity contribution >= 4 is 5.69 Å². The Morgan fingerprint density at radius 3 is 3.06 bits per heavy atom. The smallest absolute Gasteiger partial charge is 0.0991 e. The van der Waals surface area contributed by atoms with Crippen LogP contribution in [0.5, 0.6) is 0 Å². The van der Waals surface area contributed by atoms with Crippen molar-refractivity contribution in [1.82, 2.24) is 5.32 Å². The topological polar surface area (TPSA) is 47.9 Å². The molecule has 1 heterocycles. The highest BCUT2D eigenvalue weighted by atomic mass is 15.0. The highest BCUT2D eigenvalue weighted by Gasteiger charge is 2.13. The minimum Gasteiger partial charge on any atom is -0.383 e. The highest BCUT2D eigenvalue weighted by Crippen LogP contribution is 2.16. The number of rotatable bonds is 3. The number of hydrogen-bond donors (Lipinski definition) is 2. The Morgan fingerprint density at radius 2 is 2.44 bits per heavy atom. The second-order valence-electron chi connectivity index (χ2n) is 4.32. The van der Waals surface area contributed by atoms with E-state index in [0.29, 0.717) is 6.04 Å². The molecule has 1 aliphatic heterocycles. The van der Waals surface area contributed by atoms with Gasteiger partial charge in [-0.1, -0.05) is 0 Å². The molecule has 1 aliphatic rings. The summed E-state index contributed by atoms with van der Waals surface area (Å²) in [6.45, 7) is 4.14. The summed E-state index contributed by atoms with van der Waals surface area (Å²) >= 11 is 0. The zero-order chi connectivity index (χ0) is 11.4. The van der Waals surface area contributed by atoms with E-state index in [0.717, 1.165) is 29.9 Å². The van der Waals surface area contributed by atoms with Gasteiger partial charge in [0.1, 0.15) is 0 Å². The molecule has 0 amide bonds. The average Bonchev–Trinajstić information content (AvgIpc) is 2.80. The Labute approximate surface area is 96.5 Å². The van der Waals surface area contributed by atoms with Crippen molar-refractivity contribution in [3.63, 3.8) is 0 Å². The minimum atomic E-state index is 0.593. The monoisotopic (exact) mass is 215 g/mol. The molecule has 1 saturated heterocycles. The fraction of sp³-hybridized carbons (Fsp3) is 0.462. The van der Waals surface area contributed by atoms with Gasteiger partial charge in [-0.3, -0.25) is 0 Å². The summed E-state index contributed by atoms with van der Waals surface area (Å²) in [5.74, 6) is 0. The van der Waals surface area contributed by atoms with E-state index < -0.39 is 0 Å². The van der Waals surface area contributed by atoms with E-state index in [2.05, 4.69) is 16.7 Å². The Hall–Kier alpha value is -1.53. The highest BCUT2D eigenvalue weighted by molar-refractivity contribution is 5.54. The zero-order valence-corrected chi connectivity index (χ0v) is 9.59. The summed E-state index contributed by atoms with van der Waals surface area (Å²) < 4.78 is 0. The lowest BCUT2D eigenvalue weighted by Gasteiger charge is -2.14. The van der Waals surface area contributed by atoms with Crippen molar-refractivity contribution in [3.8, 4) is 6.07 Å². The normalized spacial score (nSPS) is 19.4. The molecule has 0 bridgehead atoms. The van der Waals surface area contributed by atoms with E-state index in [1.165, 1.54) is 12.8 Å². The van der Waals surface area contributed by atoms with Gasteiger partial charge in [-0.05, 0) is 50.1 Å². The summed E-state index contributed by atoms with van der Waals surface area (Å²) in [5.41, 5.74) is 2.99. The Balaban J connectivity index is 1.96. The summed E-state index contributed by atoms with van der Waals surface area (Å²) in [5, 5.41) is 15.7. The van der Waals surface area contributed by atoms with Crippen LogP contribution in [0.1, 0.15) is 24.0 Å². The van der Waals surface area contributed by atoms with Crippen molar-refractivity contribution in [1.29, 1.82) is 5.26 Å². The molecule has 0 aliphatic carbocycles. The lowest BCUT2D eigenvalue weighted by molar-refractivity contribution is 0.633. The first-order valence-corrected chi connectivity index (χ1v) is 5.77. The summed E-state index contributed by atoms with van der Waals surface area (Å²) in [7, 11) is 0. The molecule has 3 nitrogen and oxygen atoms in total. The second-order valence-corrected chi connectivity index (χ2v) is 4.32. The third kappa shape index (κ3) is 2.53. The van der Waals surface area contributed by atoms with Gasteiger partial charge in [0.05, 0.1) is 11.6 Å². The maximum absolute atomic E-state index is 8.78. The van der Waals surface area contributed by atoms with E-state index in [1.54, 1.807) is 0 Å². The van der Waals surface area contributed by atoms with E-state index in [1.807, 2.05) is 25.1 Å². The van der Waals surface area contributed by atoms with Crippen LogP contribution in [0.2, 0.25) is 0 Å². The van der Waals surface area contributed by atoms with E-state index in [9.17, 15) is 0 Å². The Kier molecular flexibility index (Phi) is 3.43. The number of hydrogen-bond acceptors (Lipinski definition) is 3. The molecule has 1 atom stereocenters. The van der Waals surface area contributed by atoms with Crippen LogP contribution in [0.4, 0.5) is 5.69 Å². The number of nitrogens with zero attached hydrogens (tertiary/aromatic N) is 1. The average molecular weight is 215 g/mol. The molecule has 84 valence electrons. The SMILES string of the molecule is Cc1cc(C#N)ccc1NCC1CCCN1. The van der Waals surface area contributed by atoms with E-state index in [4.69, 9.17) is 5.26 Å². The quantitative estimate of drug-likeness (QED) is 0.811. The molecule has 1 unspecified atom stereocenters. The van der Waals surface area contributed by atoms with Crippen molar-refractivity contribution in [2.75, 3.05) is 18.4 Å². The molecular formula is C13H17N3. The first-order chi connectivity index (χ1) is 7.79. The molecule has 2 N–H and O–H groups in total. The van der Waals surface area contributed by atoms with Crippen LogP contribution in [0.15, 0.2) is 18.2 Å².